The predicted molar refractivity (Wildman–Crippen MR) is 138 cm³/mol. The van der Waals surface area contributed by atoms with Gasteiger partial charge in [0.15, 0.2) is 11.4 Å². The van der Waals surface area contributed by atoms with E-state index >= 15 is 0 Å². The second-order valence-corrected chi connectivity index (χ2v) is 9.08. The summed E-state index contributed by atoms with van der Waals surface area (Å²) in [4.78, 5) is 32.5. The average molecular weight is 516 g/mol. The zero-order chi connectivity index (χ0) is 26.3. The van der Waals surface area contributed by atoms with Gasteiger partial charge in [-0.1, -0.05) is 0 Å². The molecule has 3 aromatic rings. The van der Waals surface area contributed by atoms with Crippen molar-refractivity contribution in [2.75, 3.05) is 38.7 Å². The zero-order valence-electron chi connectivity index (χ0n) is 21.2. The maximum atomic E-state index is 13.0. The van der Waals surface area contributed by atoms with Crippen LogP contribution in [0.3, 0.4) is 0 Å². The van der Waals surface area contributed by atoms with Crippen LogP contribution >= 0.6 is 0 Å². The molecule has 1 amide bonds. The smallest absolute Gasteiger partial charge is 0.259 e. The van der Waals surface area contributed by atoms with Crippen LogP contribution in [0.1, 0.15) is 48.2 Å². The van der Waals surface area contributed by atoms with Crippen LogP contribution in [0.15, 0.2) is 36.5 Å². The first-order valence-corrected chi connectivity index (χ1v) is 12.7. The Morgan fingerprint density at radius 2 is 1.84 bits per heavy atom. The van der Waals surface area contributed by atoms with E-state index in [9.17, 15) is 10.1 Å². The van der Waals surface area contributed by atoms with Gasteiger partial charge in [-0.15, -0.1) is 0 Å². The molecule has 1 N–H and O–H groups in total. The lowest BCUT2D eigenvalue weighted by molar-refractivity contribution is 0.0253. The molecule has 5 rings (SSSR count). The summed E-state index contributed by atoms with van der Waals surface area (Å²) in [6.45, 7) is 2.78. The van der Waals surface area contributed by atoms with Crippen LogP contribution in [0, 0.1) is 11.3 Å². The van der Waals surface area contributed by atoms with Gasteiger partial charge in [0, 0.05) is 32.1 Å². The Kier molecular flexibility index (Phi) is 7.89. The Hall–Kier alpha value is -4.30. The fraction of sp³-hybridized carbons (Fsp3) is 0.407. The van der Waals surface area contributed by atoms with Crippen molar-refractivity contribution in [1.82, 2.24) is 24.8 Å². The SMILES string of the molecule is COc1nc(Nc2nccc(-c3ccc(OC4CCOCC4)c(C#N)n3)n2)ccc1C(=O)N1CCCCC1. The summed E-state index contributed by atoms with van der Waals surface area (Å²) in [5.74, 6) is 1.32. The summed E-state index contributed by atoms with van der Waals surface area (Å²) in [6, 6.07) is 10.7. The third kappa shape index (κ3) is 5.81. The van der Waals surface area contributed by atoms with Crippen molar-refractivity contribution < 1.29 is 19.0 Å². The van der Waals surface area contributed by atoms with Gasteiger partial charge in [0.1, 0.15) is 23.6 Å². The summed E-state index contributed by atoms with van der Waals surface area (Å²) in [7, 11) is 1.49. The Balaban J connectivity index is 1.32. The number of anilines is 2. The normalized spacial score (nSPS) is 15.9. The van der Waals surface area contributed by atoms with E-state index < -0.39 is 0 Å². The quantitative estimate of drug-likeness (QED) is 0.495. The van der Waals surface area contributed by atoms with Crippen LogP contribution in [0.5, 0.6) is 11.6 Å². The topological polar surface area (TPSA) is 135 Å². The van der Waals surface area contributed by atoms with Crippen molar-refractivity contribution in [3.63, 3.8) is 0 Å². The molecule has 196 valence electrons. The lowest BCUT2D eigenvalue weighted by Gasteiger charge is -2.27. The van der Waals surface area contributed by atoms with Crippen LogP contribution in [0.4, 0.5) is 11.8 Å². The number of nitriles is 1. The van der Waals surface area contributed by atoms with Crippen molar-refractivity contribution in [3.8, 4) is 29.1 Å². The summed E-state index contributed by atoms with van der Waals surface area (Å²) in [5, 5.41) is 12.7. The molecule has 0 aliphatic carbocycles. The van der Waals surface area contributed by atoms with Gasteiger partial charge in [-0.3, -0.25) is 4.79 Å². The molecule has 0 spiro atoms. The Morgan fingerprint density at radius 3 is 2.61 bits per heavy atom. The molecule has 2 fully saturated rings. The summed E-state index contributed by atoms with van der Waals surface area (Å²) < 4.78 is 16.8. The molecule has 2 saturated heterocycles. The first-order valence-electron chi connectivity index (χ1n) is 12.7. The number of ether oxygens (including phenoxy) is 3. The standard InChI is InChI=1S/C27H29N7O4/c1-36-25-19(26(35)34-13-3-2-4-14-34)5-8-24(32-25)33-27-29-12-9-21(31-27)20-6-7-23(22(17-28)30-20)38-18-10-15-37-16-11-18/h5-9,12,18H,2-4,10-11,13-16H2,1H3,(H,29,31,32,33). The van der Waals surface area contributed by atoms with E-state index in [1.807, 2.05) is 4.90 Å². The molecule has 11 heteroatoms. The second kappa shape index (κ2) is 11.8. The number of pyridine rings is 2. The van der Waals surface area contributed by atoms with Gasteiger partial charge in [-0.2, -0.15) is 10.2 Å². The molecule has 0 atom stereocenters. The highest BCUT2D eigenvalue weighted by atomic mass is 16.5. The third-order valence-corrected chi connectivity index (χ3v) is 6.51. The number of nitrogens with one attached hydrogen (secondary N) is 1. The minimum Gasteiger partial charge on any atom is -0.487 e. The third-order valence-electron chi connectivity index (χ3n) is 6.51. The number of likely N-dealkylation sites (tertiary alicyclic amines) is 1. The number of hydrogen-bond donors (Lipinski definition) is 1. The Bertz CT molecular complexity index is 1330. The molecule has 11 nitrogen and oxygen atoms in total. The van der Waals surface area contributed by atoms with E-state index in [4.69, 9.17) is 14.2 Å². The average Bonchev–Trinajstić information content (AvgIpc) is 2.98. The largest absolute Gasteiger partial charge is 0.487 e. The monoisotopic (exact) mass is 515 g/mol. The van der Waals surface area contributed by atoms with E-state index in [-0.39, 0.29) is 29.5 Å². The van der Waals surface area contributed by atoms with Crippen LogP contribution in [0.2, 0.25) is 0 Å². The number of piperidine rings is 1. The molecule has 3 aromatic heterocycles. The van der Waals surface area contributed by atoms with E-state index in [1.165, 1.54) is 7.11 Å². The summed E-state index contributed by atoms with van der Waals surface area (Å²) >= 11 is 0. The molecule has 0 bridgehead atoms. The molecule has 2 aliphatic heterocycles. The summed E-state index contributed by atoms with van der Waals surface area (Å²) in [5.41, 5.74) is 1.66. The van der Waals surface area contributed by atoms with Crippen LogP contribution in [-0.4, -0.2) is 70.3 Å². The lowest BCUT2D eigenvalue weighted by Crippen LogP contribution is -2.35. The molecular weight excluding hydrogens is 486 g/mol. The van der Waals surface area contributed by atoms with Crippen LogP contribution in [0.25, 0.3) is 11.4 Å². The number of methoxy groups -OCH3 is 1. The minimum absolute atomic E-state index is 0.00405. The molecule has 5 heterocycles. The second-order valence-electron chi connectivity index (χ2n) is 9.08. The number of aromatic nitrogens is 4. The molecule has 0 saturated carbocycles. The maximum absolute atomic E-state index is 13.0. The minimum atomic E-state index is -0.0811. The van der Waals surface area contributed by atoms with Crippen molar-refractivity contribution >= 4 is 17.7 Å². The van der Waals surface area contributed by atoms with Crippen LogP contribution < -0.4 is 14.8 Å². The van der Waals surface area contributed by atoms with Gasteiger partial charge in [0.2, 0.25) is 11.8 Å². The van der Waals surface area contributed by atoms with Crippen molar-refractivity contribution in [2.24, 2.45) is 0 Å². The molecule has 38 heavy (non-hydrogen) atoms. The number of carbonyl (C=O) groups excluding carboxylic acids is 1. The molecule has 0 aromatic carbocycles. The number of nitrogens with zero attached hydrogens (tertiary/aromatic N) is 6. The first-order chi connectivity index (χ1) is 18.6. The van der Waals surface area contributed by atoms with Gasteiger partial charge < -0.3 is 24.4 Å². The fourth-order valence-corrected chi connectivity index (χ4v) is 4.51. The highest BCUT2D eigenvalue weighted by Crippen LogP contribution is 2.26. The highest BCUT2D eigenvalue weighted by molar-refractivity contribution is 5.96. The number of rotatable bonds is 7. The molecule has 2 aliphatic rings. The van der Waals surface area contributed by atoms with Crippen molar-refractivity contribution in [3.05, 3.63) is 47.8 Å². The highest BCUT2D eigenvalue weighted by Gasteiger charge is 2.23. The molecule has 0 radical (unpaired) electrons. The summed E-state index contributed by atoms with van der Waals surface area (Å²) in [6.07, 6.45) is 6.30. The predicted octanol–water partition coefficient (Wildman–Crippen LogP) is 3.74. The number of hydrogen-bond acceptors (Lipinski definition) is 10. The number of carbonyl (C=O) groups is 1. The van der Waals surface area contributed by atoms with Gasteiger partial charge in [0.05, 0.1) is 31.7 Å². The van der Waals surface area contributed by atoms with Gasteiger partial charge in [-0.05, 0) is 49.6 Å². The maximum Gasteiger partial charge on any atom is 0.259 e. The molecule has 0 unspecified atom stereocenters. The fourth-order valence-electron chi connectivity index (χ4n) is 4.51. The van der Waals surface area contributed by atoms with Gasteiger partial charge in [-0.25, -0.2) is 15.0 Å². The van der Waals surface area contributed by atoms with E-state index in [0.29, 0.717) is 41.7 Å². The lowest BCUT2D eigenvalue weighted by atomic mass is 10.1. The molecular formula is C27H29N7O4. The van der Waals surface area contributed by atoms with E-state index in [2.05, 4.69) is 31.3 Å². The van der Waals surface area contributed by atoms with Crippen LogP contribution in [-0.2, 0) is 4.74 Å². The Labute approximate surface area is 220 Å². The van der Waals surface area contributed by atoms with Crippen molar-refractivity contribution in [2.45, 2.75) is 38.2 Å². The van der Waals surface area contributed by atoms with Gasteiger partial charge >= 0.3 is 0 Å². The van der Waals surface area contributed by atoms with Crippen molar-refractivity contribution in [1.29, 1.82) is 5.26 Å². The van der Waals surface area contributed by atoms with E-state index in [0.717, 1.165) is 45.2 Å². The van der Waals surface area contributed by atoms with Gasteiger partial charge in [0.25, 0.3) is 5.91 Å². The zero-order valence-corrected chi connectivity index (χ0v) is 21.2. The Morgan fingerprint density at radius 1 is 1.05 bits per heavy atom. The first kappa shape index (κ1) is 25.4. The number of amides is 1. The van der Waals surface area contributed by atoms with E-state index in [1.54, 1.807) is 36.5 Å².